The lowest BCUT2D eigenvalue weighted by Gasteiger charge is -2.17. The highest BCUT2D eigenvalue weighted by Gasteiger charge is 2.21. The Kier molecular flexibility index (Phi) is 5.85. The number of rotatable bonds is 6. The van der Waals surface area contributed by atoms with Crippen LogP contribution < -0.4 is 5.32 Å². The fourth-order valence-corrected chi connectivity index (χ4v) is 3.34. The molecule has 0 bridgehead atoms. The van der Waals surface area contributed by atoms with Gasteiger partial charge < -0.3 is 5.32 Å². The van der Waals surface area contributed by atoms with Crippen LogP contribution in [0.5, 0.6) is 0 Å². The van der Waals surface area contributed by atoms with Crippen molar-refractivity contribution in [3.05, 3.63) is 72.1 Å². The standard InChI is InChI=1S/C19H18F2N4OS/c1-12(14-7-9-15(20)10-8-14)23-18(26)13(2)27-19-24-22-11-25(19)17-6-4-3-5-16(17)21/h3-13H,1-2H3,(H,23,26)/t12-,13-/m1/s1. The van der Waals surface area contributed by atoms with Crippen LogP contribution in [0.1, 0.15) is 25.5 Å². The van der Waals surface area contributed by atoms with Crippen LogP contribution in [0.4, 0.5) is 8.78 Å². The molecule has 27 heavy (non-hydrogen) atoms. The number of hydrogen-bond acceptors (Lipinski definition) is 4. The molecule has 2 atom stereocenters. The summed E-state index contributed by atoms with van der Waals surface area (Å²) in [5, 5.41) is 10.6. The van der Waals surface area contributed by atoms with Gasteiger partial charge in [0, 0.05) is 0 Å². The van der Waals surface area contributed by atoms with Gasteiger partial charge in [-0.25, -0.2) is 8.78 Å². The summed E-state index contributed by atoms with van der Waals surface area (Å²) in [7, 11) is 0. The fraction of sp³-hybridized carbons (Fsp3) is 0.211. The third kappa shape index (κ3) is 4.51. The number of carbonyl (C=O) groups is 1. The molecule has 3 rings (SSSR count). The minimum absolute atomic E-state index is 0.208. The smallest absolute Gasteiger partial charge is 0.233 e. The number of benzene rings is 2. The molecule has 1 aromatic heterocycles. The van der Waals surface area contributed by atoms with E-state index in [-0.39, 0.29) is 17.8 Å². The first-order chi connectivity index (χ1) is 13.0. The summed E-state index contributed by atoms with van der Waals surface area (Å²) in [5.74, 6) is -0.935. The van der Waals surface area contributed by atoms with Gasteiger partial charge in [0.15, 0.2) is 5.16 Å². The highest BCUT2D eigenvalue weighted by molar-refractivity contribution is 8.00. The second-order valence-corrected chi connectivity index (χ2v) is 7.28. The van der Waals surface area contributed by atoms with Crippen LogP contribution in [0.15, 0.2) is 60.0 Å². The molecule has 0 fully saturated rings. The van der Waals surface area contributed by atoms with Crippen molar-refractivity contribution in [1.29, 1.82) is 0 Å². The van der Waals surface area contributed by atoms with Gasteiger partial charge in [-0.05, 0) is 43.7 Å². The van der Waals surface area contributed by atoms with Crippen molar-refractivity contribution >= 4 is 17.7 Å². The van der Waals surface area contributed by atoms with E-state index in [1.165, 1.54) is 40.9 Å². The SMILES string of the molecule is C[C@@H](Sc1nncn1-c1ccccc1F)C(=O)N[C@H](C)c1ccc(F)cc1. The van der Waals surface area contributed by atoms with Crippen molar-refractivity contribution in [3.63, 3.8) is 0 Å². The van der Waals surface area contributed by atoms with Gasteiger partial charge in [0.05, 0.1) is 17.0 Å². The monoisotopic (exact) mass is 388 g/mol. The number of carbonyl (C=O) groups excluding carboxylic acids is 1. The topological polar surface area (TPSA) is 59.8 Å². The first-order valence-corrected chi connectivity index (χ1v) is 9.21. The highest BCUT2D eigenvalue weighted by Crippen LogP contribution is 2.25. The molecule has 1 amide bonds. The maximum Gasteiger partial charge on any atom is 0.233 e. The lowest BCUT2D eigenvalue weighted by atomic mass is 10.1. The minimum atomic E-state index is -0.484. The second-order valence-electron chi connectivity index (χ2n) is 5.98. The number of hydrogen-bond donors (Lipinski definition) is 1. The van der Waals surface area contributed by atoms with Gasteiger partial charge in [-0.2, -0.15) is 0 Å². The normalized spacial score (nSPS) is 13.2. The molecule has 8 heteroatoms. The number of thioether (sulfide) groups is 1. The van der Waals surface area contributed by atoms with Crippen LogP contribution in [0.25, 0.3) is 5.69 Å². The molecule has 0 unspecified atom stereocenters. The van der Waals surface area contributed by atoms with E-state index in [0.717, 1.165) is 5.56 Å². The Morgan fingerprint density at radius 1 is 1.11 bits per heavy atom. The van der Waals surface area contributed by atoms with E-state index in [1.807, 2.05) is 6.92 Å². The molecule has 0 aliphatic heterocycles. The fourth-order valence-electron chi connectivity index (χ4n) is 2.49. The molecule has 0 aliphatic rings. The predicted molar refractivity (Wildman–Crippen MR) is 99.6 cm³/mol. The van der Waals surface area contributed by atoms with Crippen molar-refractivity contribution in [3.8, 4) is 5.69 Å². The van der Waals surface area contributed by atoms with Gasteiger partial charge in [-0.3, -0.25) is 9.36 Å². The van der Waals surface area contributed by atoms with Crippen molar-refractivity contribution in [2.75, 3.05) is 0 Å². The Morgan fingerprint density at radius 3 is 2.52 bits per heavy atom. The Morgan fingerprint density at radius 2 is 1.81 bits per heavy atom. The first kappa shape index (κ1) is 19.0. The molecular formula is C19H18F2N4OS. The molecule has 0 aliphatic carbocycles. The molecule has 0 radical (unpaired) electrons. The van der Waals surface area contributed by atoms with E-state index in [0.29, 0.717) is 10.8 Å². The zero-order chi connectivity index (χ0) is 19.4. The Balaban J connectivity index is 1.68. The molecule has 2 aromatic carbocycles. The molecular weight excluding hydrogens is 370 g/mol. The van der Waals surface area contributed by atoms with E-state index in [4.69, 9.17) is 0 Å². The first-order valence-electron chi connectivity index (χ1n) is 8.33. The number of amides is 1. The van der Waals surface area contributed by atoms with Crippen molar-refractivity contribution in [2.24, 2.45) is 0 Å². The van der Waals surface area contributed by atoms with Crippen LogP contribution >= 0.6 is 11.8 Å². The zero-order valence-corrected chi connectivity index (χ0v) is 15.6. The average Bonchev–Trinajstić information content (AvgIpc) is 3.10. The van der Waals surface area contributed by atoms with Crippen molar-refractivity contribution in [1.82, 2.24) is 20.1 Å². The molecule has 0 saturated carbocycles. The molecule has 5 nitrogen and oxygen atoms in total. The maximum absolute atomic E-state index is 14.0. The highest BCUT2D eigenvalue weighted by atomic mass is 32.2. The van der Waals surface area contributed by atoms with Gasteiger partial charge in [-0.15, -0.1) is 10.2 Å². The summed E-state index contributed by atoms with van der Waals surface area (Å²) in [6, 6.07) is 12.0. The minimum Gasteiger partial charge on any atom is -0.349 e. The van der Waals surface area contributed by atoms with E-state index in [9.17, 15) is 13.6 Å². The van der Waals surface area contributed by atoms with Gasteiger partial charge >= 0.3 is 0 Å². The Hall–Kier alpha value is -2.74. The summed E-state index contributed by atoms with van der Waals surface area (Å²) < 4.78 is 28.6. The van der Waals surface area contributed by atoms with E-state index >= 15 is 0 Å². The number of para-hydroxylation sites is 1. The number of halogens is 2. The van der Waals surface area contributed by atoms with Gasteiger partial charge in [-0.1, -0.05) is 36.0 Å². The third-order valence-electron chi connectivity index (χ3n) is 4.01. The van der Waals surface area contributed by atoms with Crippen molar-refractivity contribution < 1.29 is 13.6 Å². The lowest BCUT2D eigenvalue weighted by Crippen LogP contribution is -2.33. The summed E-state index contributed by atoms with van der Waals surface area (Å²) >= 11 is 1.18. The molecule has 0 saturated heterocycles. The van der Waals surface area contributed by atoms with Crippen LogP contribution in [-0.2, 0) is 4.79 Å². The average molecular weight is 388 g/mol. The molecule has 1 heterocycles. The number of nitrogens with zero attached hydrogens (tertiary/aromatic N) is 3. The lowest BCUT2D eigenvalue weighted by molar-refractivity contribution is -0.120. The Bertz CT molecular complexity index is 929. The summed E-state index contributed by atoms with van der Waals surface area (Å²) in [4.78, 5) is 12.5. The largest absolute Gasteiger partial charge is 0.349 e. The van der Waals surface area contributed by atoms with E-state index in [2.05, 4.69) is 15.5 Å². The summed E-state index contributed by atoms with van der Waals surface area (Å²) in [6.07, 6.45) is 1.41. The number of nitrogens with one attached hydrogen (secondary N) is 1. The molecule has 1 N–H and O–H groups in total. The predicted octanol–water partition coefficient (Wildman–Crippen LogP) is 3.90. The third-order valence-corrected chi connectivity index (χ3v) is 5.07. The molecule has 3 aromatic rings. The van der Waals surface area contributed by atoms with Gasteiger partial charge in [0.25, 0.3) is 0 Å². The molecule has 140 valence electrons. The van der Waals surface area contributed by atoms with Crippen LogP contribution in [0, 0.1) is 11.6 Å². The molecule has 0 spiro atoms. The van der Waals surface area contributed by atoms with Crippen LogP contribution in [0.2, 0.25) is 0 Å². The second kappa shape index (κ2) is 8.30. The summed E-state index contributed by atoms with van der Waals surface area (Å²) in [5.41, 5.74) is 1.12. The van der Waals surface area contributed by atoms with E-state index < -0.39 is 11.1 Å². The van der Waals surface area contributed by atoms with Gasteiger partial charge in [0.2, 0.25) is 5.91 Å². The summed E-state index contributed by atoms with van der Waals surface area (Å²) in [6.45, 7) is 3.56. The zero-order valence-electron chi connectivity index (χ0n) is 14.8. The van der Waals surface area contributed by atoms with E-state index in [1.54, 1.807) is 37.3 Å². The Labute approximate surface area is 159 Å². The van der Waals surface area contributed by atoms with Crippen LogP contribution in [-0.4, -0.2) is 25.9 Å². The van der Waals surface area contributed by atoms with Crippen LogP contribution in [0.3, 0.4) is 0 Å². The quantitative estimate of drug-likeness (QED) is 0.651. The van der Waals surface area contributed by atoms with Gasteiger partial charge in [0.1, 0.15) is 18.0 Å². The maximum atomic E-state index is 14.0. The number of aromatic nitrogens is 3. The van der Waals surface area contributed by atoms with Crippen molar-refractivity contribution in [2.45, 2.75) is 30.3 Å².